The molecule has 0 fully saturated rings. The van der Waals surface area contributed by atoms with Gasteiger partial charge in [0.25, 0.3) is 10.0 Å². The van der Waals surface area contributed by atoms with Crippen molar-refractivity contribution < 1.29 is 18.3 Å². The van der Waals surface area contributed by atoms with Gasteiger partial charge in [-0.3, -0.25) is 9.10 Å². The van der Waals surface area contributed by atoms with Crippen LogP contribution in [-0.4, -0.2) is 23.6 Å². The highest BCUT2D eigenvalue weighted by atomic mass is 32.2. The number of hydrogen-bond acceptors (Lipinski definition) is 4. The van der Waals surface area contributed by atoms with E-state index in [2.05, 4.69) is 0 Å². The van der Waals surface area contributed by atoms with Crippen molar-refractivity contribution in [2.45, 2.75) is 11.4 Å². The van der Waals surface area contributed by atoms with Crippen molar-refractivity contribution in [3.05, 3.63) is 101 Å². The second-order valence-corrected chi connectivity index (χ2v) is 8.28. The molecule has 0 saturated heterocycles. The number of nitrogens with zero attached hydrogens (tertiary/aromatic N) is 1. The minimum Gasteiger partial charge on any atom is -0.508 e. The molecule has 140 valence electrons. The molecular weight excluding hydrogens is 374 g/mol. The van der Waals surface area contributed by atoms with Gasteiger partial charge in [0, 0.05) is 5.56 Å². The first kappa shape index (κ1) is 18.0. The molecule has 0 aliphatic carbocycles. The van der Waals surface area contributed by atoms with Crippen molar-refractivity contribution >= 4 is 21.9 Å². The van der Waals surface area contributed by atoms with E-state index in [0.29, 0.717) is 5.56 Å². The molecule has 0 amide bonds. The second kappa shape index (κ2) is 6.98. The number of benzene rings is 3. The monoisotopic (exact) mass is 391 g/mol. The van der Waals surface area contributed by atoms with Gasteiger partial charge < -0.3 is 5.11 Å². The lowest BCUT2D eigenvalue weighted by Crippen LogP contribution is -2.38. The normalized spacial score (nSPS) is 16.8. The van der Waals surface area contributed by atoms with E-state index < -0.39 is 10.0 Å². The topological polar surface area (TPSA) is 74.7 Å². The van der Waals surface area contributed by atoms with Crippen LogP contribution in [0.15, 0.2) is 89.5 Å². The van der Waals surface area contributed by atoms with Gasteiger partial charge in [-0.1, -0.05) is 54.6 Å². The van der Waals surface area contributed by atoms with E-state index in [-0.39, 0.29) is 34.2 Å². The largest absolute Gasteiger partial charge is 0.508 e. The molecule has 1 N–H and O–H groups in total. The molecule has 4 rings (SSSR count). The summed E-state index contributed by atoms with van der Waals surface area (Å²) >= 11 is 0. The third kappa shape index (κ3) is 3.18. The van der Waals surface area contributed by atoms with E-state index in [9.17, 15) is 18.3 Å². The van der Waals surface area contributed by atoms with Crippen LogP contribution in [0.2, 0.25) is 0 Å². The van der Waals surface area contributed by atoms with E-state index >= 15 is 0 Å². The number of fused-ring (bicyclic) bond motifs is 1. The minimum absolute atomic E-state index is 0.00369. The van der Waals surface area contributed by atoms with Gasteiger partial charge in [0.1, 0.15) is 11.4 Å². The number of ketones is 1. The van der Waals surface area contributed by atoms with Gasteiger partial charge in [-0.2, -0.15) is 0 Å². The van der Waals surface area contributed by atoms with Crippen LogP contribution in [0.4, 0.5) is 0 Å². The zero-order chi connectivity index (χ0) is 19.7. The summed E-state index contributed by atoms with van der Waals surface area (Å²) in [6.07, 6.45) is 1.50. The van der Waals surface area contributed by atoms with Crippen molar-refractivity contribution in [1.29, 1.82) is 0 Å². The van der Waals surface area contributed by atoms with Crippen molar-refractivity contribution in [2.24, 2.45) is 0 Å². The average Bonchev–Trinajstić information content (AvgIpc) is 2.70. The summed E-state index contributed by atoms with van der Waals surface area (Å²) in [4.78, 5) is 13.2. The predicted octanol–water partition coefficient (Wildman–Crippen LogP) is 3.82. The number of rotatable bonds is 3. The first-order chi connectivity index (χ1) is 13.5. The van der Waals surface area contributed by atoms with Gasteiger partial charge >= 0.3 is 0 Å². The van der Waals surface area contributed by atoms with Crippen molar-refractivity contribution in [3.8, 4) is 5.75 Å². The third-order valence-electron chi connectivity index (χ3n) is 4.54. The van der Waals surface area contributed by atoms with E-state index in [1.165, 1.54) is 30.3 Å². The molecule has 0 spiro atoms. The van der Waals surface area contributed by atoms with Gasteiger partial charge in [0.15, 0.2) is 0 Å². The maximum atomic E-state index is 13.3. The van der Waals surface area contributed by atoms with Gasteiger partial charge in [-0.25, -0.2) is 8.42 Å². The molecule has 1 heterocycles. The lowest BCUT2D eigenvalue weighted by atomic mass is 10.0. The first-order valence-electron chi connectivity index (χ1n) is 8.68. The molecule has 6 heteroatoms. The standard InChI is InChI=1S/C22H17NO4S/c24-18-10-6-9-17(13-18)14-20-22(25)19-11-4-5-12-21(19)28(26,27)23(20)15-16-7-2-1-3-8-16/h1-14,24H,15H2/b20-14-. The Hall–Kier alpha value is -3.38. The van der Waals surface area contributed by atoms with Crippen molar-refractivity contribution in [3.63, 3.8) is 0 Å². The summed E-state index contributed by atoms with van der Waals surface area (Å²) < 4.78 is 27.7. The van der Waals surface area contributed by atoms with Crippen LogP contribution in [0.5, 0.6) is 5.75 Å². The Kier molecular flexibility index (Phi) is 4.49. The van der Waals surface area contributed by atoms with Crippen LogP contribution < -0.4 is 0 Å². The number of sulfonamides is 1. The number of aromatic hydroxyl groups is 1. The maximum Gasteiger partial charge on any atom is 0.265 e. The summed E-state index contributed by atoms with van der Waals surface area (Å²) in [5.74, 6) is -0.333. The number of phenols is 1. The summed E-state index contributed by atoms with van der Waals surface area (Å²) in [5, 5.41) is 9.72. The molecular formula is C22H17NO4S. The Morgan fingerprint density at radius 2 is 1.61 bits per heavy atom. The quantitative estimate of drug-likeness (QED) is 0.689. The second-order valence-electron chi connectivity index (χ2n) is 6.45. The van der Waals surface area contributed by atoms with E-state index in [1.807, 2.05) is 30.3 Å². The molecule has 1 aliphatic heterocycles. The van der Waals surface area contributed by atoms with Crippen molar-refractivity contribution in [1.82, 2.24) is 4.31 Å². The molecule has 0 aromatic heterocycles. The van der Waals surface area contributed by atoms with Crippen LogP contribution in [0.3, 0.4) is 0 Å². The number of carbonyl (C=O) groups excluding carboxylic acids is 1. The van der Waals surface area contributed by atoms with E-state index in [0.717, 1.165) is 9.87 Å². The molecule has 3 aromatic rings. The Bertz CT molecular complexity index is 1180. The summed E-state index contributed by atoms with van der Waals surface area (Å²) in [6.45, 7) is 0.0356. The maximum absolute atomic E-state index is 13.3. The predicted molar refractivity (Wildman–Crippen MR) is 106 cm³/mol. The fourth-order valence-corrected chi connectivity index (χ4v) is 4.85. The molecule has 1 aliphatic rings. The number of hydrogen-bond donors (Lipinski definition) is 1. The zero-order valence-electron chi connectivity index (χ0n) is 14.8. The fraction of sp³-hybridized carbons (Fsp3) is 0.0455. The molecule has 3 aromatic carbocycles. The van der Waals surface area contributed by atoms with Gasteiger partial charge in [0.05, 0.1) is 11.4 Å². The molecule has 0 bridgehead atoms. The molecule has 5 nitrogen and oxygen atoms in total. The SMILES string of the molecule is O=C1/C(=C/c2cccc(O)c2)N(Cc2ccccc2)S(=O)(=O)c2ccccc21. The lowest BCUT2D eigenvalue weighted by Gasteiger charge is -2.31. The number of phenolic OH excluding ortho intramolecular Hbond substituents is 1. The van der Waals surface area contributed by atoms with Crippen LogP contribution in [0.1, 0.15) is 21.5 Å². The van der Waals surface area contributed by atoms with Crippen LogP contribution in [0.25, 0.3) is 6.08 Å². The van der Waals surface area contributed by atoms with Gasteiger partial charge in [-0.15, -0.1) is 0 Å². The van der Waals surface area contributed by atoms with Gasteiger partial charge in [-0.05, 0) is 41.5 Å². The molecule has 28 heavy (non-hydrogen) atoms. The van der Waals surface area contributed by atoms with Crippen molar-refractivity contribution in [2.75, 3.05) is 0 Å². The third-order valence-corrected chi connectivity index (χ3v) is 6.36. The minimum atomic E-state index is -3.91. The van der Waals surface area contributed by atoms with Crippen LogP contribution in [-0.2, 0) is 16.6 Å². The van der Waals surface area contributed by atoms with Crippen LogP contribution >= 0.6 is 0 Å². The Morgan fingerprint density at radius 3 is 2.36 bits per heavy atom. The highest BCUT2D eigenvalue weighted by Crippen LogP contribution is 2.34. The Morgan fingerprint density at radius 1 is 0.893 bits per heavy atom. The summed E-state index contributed by atoms with van der Waals surface area (Å²) in [6, 6.07) is 21.7. The number of Topliss-reactive ketones (excluding diaryl/α,β-unsaturated/α-hetero) is 1. The zero-order valence-corrected chi connectivity index (χ0v) is 15.6. The van der Waals surface area contributed by atoms with Gasteiger partial charge in [0.2, 0.25) is 5.78 Å². The summed E-state index contributed by atoms with van der Waals surface area (Å²) in [7, 11) is -3.91. The Balaban J connectivity index is 1.91. The molecule has 0 unspecified atom stereocenters. The highest BCUT2D eigenvalue weighted by molar-refractivity contribution is 7.89. The Labute approximate surface area is 163 Å². The fourth-order valence-electron chi connectivity index (χ4n) is 3.21. The number of allylic oxidation sites excluding steroid dienone is 1. The lowest BCUT2D eigenvalue weighted by molar-refractivity contribution is 0.100. The smallest absolute Gasteiger partial charge is 0.265 e. The average molecular weight is 391 g/mol. The molecule has 0 atom stereocenters. The number of carbonyl (C=O) groups is 1. The van der Waals surface area contributed by atoms with E-state index in [4.69, 9.17) is 0 Å². The van der Waals surface area contributed by atoms with Crippen LogP contribution in [0, 0.1) is 0 Å². The molecule has 0 radical (unpaired) electrons. The molecule has 0 saturated carbocycles. The highest BCUT2D eigenvalue weighted by Gasteiger charge is 2.39. The first-order valence-corrected chi connectivity index (χ1v) is 10.1. The summed E-state index contributed by atoms with van der Waals surface area (Å²) in [5.41, 5.74) is 1.50. The van der Waals surface area contributed by atoms with E-state index in [1.54, 1.807) is 24.3 Å².